The molecule has 1 N–H and O–H groups in total. The first-order chi connectivity index (χ1) is 19.7. The second-order valence-electron chi connectivity index (χ2n) is 10.2. The average Bonchev–Trinajstić information content (AvgIpc) is 3.28. The van der Waals surface area contributed by atoms with Gasteiger partial charge in [-0.2, -0.15) is 0 Å². The zero-order valence-electron chi connectivity index (χ0n) is 23.1. The van der Waals surface area contributed by atoms with E-state index in [1.807, 2.05) is 32.3 Å². The maximum atomic E-state index is 13.3. The average molecular weight is 558 g/mol. The Balaban J connectivity index is 1.53. The van der Waals surface area contributed by atoms with Crippen LogP contribution < -0.4 is 19.7 Å². The van der Waals surface area contributed by atoms with Crippen molar-refractivity contribution in [2.45, 2.75) is 19.3 Å². The summed E-state index contributed by atoms with van der Waals surface area (Å²) in [6.45, 7) is 3.84. The van der Waals surface area contributed by atoms with Crippen LogP contribution in [0.3, 0.4) is 0 Å². The minimum absolute atomic E-state index is 0.0506. The summed E-state index contributed by atoms with van der Waals surface area (Å²) < 4.78 is 11.4. The second-order valence-corrected chi connectivity index (χ2v) is 10.2. The van der Waals surface area contributed by atoms with Crippen LogP contribution in [-0.4, -0.2) is 67.7 Å². The number of carbonyl (C=O) groups is 2. The third-order valence-electron chi connectivity index (χ3n) is 6.97. The van der Waals surface area contributed by atoms with Crippen molar-refractivity contribution in [3.8, 4) is 11.5 Å². The summed E-state index contributed by atoms with van der Waals surface area (Å²) >= 11 is 0. The summed E-state index contributed by atoms with van der Waals surface area (Å²) in [5, 5.41) is 14.1. The van der Waals surface area contributed by atoms with Crippen molar-refractivity contribution in [1.82, 2.24) is 4.90 Å². The van der Waals surface area contributed by atoms with Gasteiger partial charge in [0.1, 0.15) is 19.1 Å². The van der Waals surface area contributed by atoms with Crippen LogP contribution in [-0.2, 0) is 9.59 Å². The molecular weight excluding hydrogens is 526 g/mol. The summed E-state index contributed by atoms with van der Waals surface area (Å²) in [7, 11) is 3.99. The molecule has 0 saturated heterocycles. The van der Waals surface area contributed by atoms with Crippen molar-refractivity contribution in [3.63, 3.8) is 0 Å². The monoisotopic (exact) mass is 557 g/mol. The van der Waals surface area contributed by atoms with Gasteiger partial charge < -0.3 is 24.6 Å². The lowest BCUT2D eigenvalue weighted by molar-refractivity contribution is -0.384. The zero-order chi connectivity index (χ0) is 29.1. The number of amides is 2. The summed E-state index contributed by atoms with van der Waals surface area (Å²) in [5.41, 5.74) is 3.30. The Bertz CT molecular complexity index is 1520. The number of hydrogen-bond donors (Lipinski definition) is 1. The maximum Gasteiger partial charge on any atom is 0.271 e. The molecule has 0 bridgehead atoms. The van der Waals surface area contributed by atoms with E-state index in [1.54, 1.807) is 42.2 Å². The molecule has 2 aliphatic rings. The summed E-state index contributed by atoms with van der Waals surface area (Å²) in [5.74, 6) is -0.0457. The number of nitrogens with one attached hydrogen (secondary N) is 1. The molecule has 1 unspecified atom stereocenters. The van der Waals surface area contributed by atoms with Gasteiger partial charge in [-0.1, -0.05) is 0 Å². The van der Waals surface area contributed by atoms with Crippen LogP contribution >= 0.6 is 0 Å². The molecule has 11 heteroatoms. The van der Waals surface area contributed by atoms with Gasteiger partial charge in [-0.15, -0.1) is 0 Å². The normalized spacial score (nSPS) is 15.9. The topological polar surface area (TPSA) is 127 Å². The van der Waals surface area contributed by atoms with Crippen LogP contribution in [0.15, 0.2) is 65.7 Å². The number of fused-ring (bicyclic) bond motifs is 2. The first-order valence-electron chi connectivity index (χ1n) is 13.3. The van der Waals surface area contributed by atoms with E-state index in [4.69, 9.17) is 14.5 Å². The summed E-state index contributed by atoms with van der Waals surface area (Å²) in [4.78, 5) is 45.2. The lowest BCUT2D eigenvalue weighted by Gasteiger charge is -2.22. The number of hydrogen-bond acceptors (Lipinski definition) is 8. The Morgan fingerprint density at radius 2 is 1.76 bits per heavy atom. The van der Waals surface area contributed by atoms with Gasteiger partial charge in [0.2, 0.25) is 11.8 Å². The standard InChI is InChI=1S/C30H31N5O6/c1-19(36)34(14-4-13-33(2)3)22-8-6-21(7-9-22)31-29(20-5-12-26-27(17-20)41-16-15-40-26)28-24-11-10-23(35(38)39)18-25(24)32-30(28)37/h5-12,17-18,28H,4,13-16H2,1-3H3,(H,32,37). The molecule has 0 spiro atoms. The predicted molar refractivity (Wildman–Crippen MR) is 156 cm³/mol. The number of nitro benzene ring substituents is 1. The molecule has 0 fully saturated rings. The van der Waals surface area contributed by atoms with E-state index in [9.17, 15) is 19.7 Å². The SMILES string of the molecule is CC(=O)N(CCCN(C)C)c1ccc(N=C(c2ccc3c(c2)OCCO3)C2C(=O)Nc3cc([N+](=O)[O-])ccc32)cc1. The molecule has 212 valence electrons. The number of ether oxygens (including phenoxy) is 2. The number of rotatable bonds is 9. The first kappa shape index (κ1) is 27.8. The van der Waals surface area contributed by atoms with Gasteiger partial charge in [0, 0.05) is 36.9 Å². The summed E-state index contributed by atoms with van der Waals surface area (Å²) in [6, 6.07) is 17.0. The number of nitro groups is 1. The minimum atomic E-state index is -0.812. The second kappa shape index (κ2) is 11.8. The fraction of sp³-hybridized carbons (Fsp3) is 0.300. The lowest BCUT2D eigenvalue weighted by Crippen LogP contribution is -2.31. The van der Waals surface area contributed by atoms with E-state index >= 15 is 0 Å². The lowest BCUT2D eigenvalue weighted by atomic mass is 9.90. The Kier molecular flexibility index (Phi) is 7.97. The van der Waals surface area contributed by atoms with Crippen LogP contribution in [0.25, 0.3) is 0 Å². The highest BCUT2D eigenvalue weighted by molar-refractivity contribution is 6.24. The van der Waals surface area contributed by atoms with E-state index in [-0.39, 0.29) is 17.5 Å². The number of nitrogens with zero attached hydrogens (tertiary/aromatic N) is 4. The van der Waals surface area contributed by atoms with Gasteiger partial charge in [-0.3, -0.25) is 24.7 Å². The van der Waals surface area contributed by atoms with Gasteiger partial charge in [0.15, 0.2) is 11.5 Å². The summed E-state index contributed by atoms with van der Waals surface area (Å²) in [6.07, 6.45) is 0.828. The molecule has 3 aromatic rings. The van der Waals surface area contributed by atoms with E-state index in [2.05, 4.69) is 10.2 Å². The fourth-order valence-corrected chi connectivity index (χ4v) is 4.99. The maximum absolute atomic E-state index is 13.3. The molecule has 41 heavy (non-hydrogen) atoms. The number of anilines is 2. The number of benzene rings is 3. The van der Waals surface area contributed by atoms with Crippen molar-refractivity contribution in [3.05, 3.63) is 81.9 Å². The highest BCUT2D eigenvalue weighted by atomic mass is 16.6. The smallest absolute Gasteiger partial charge is 0.271 e. The van der Waals surface area contributed by atoms with Crippen LogP contribution in [0.5, 0.6) is 11.5 Å². The molecule has 0 aliphatic carbocycles. The van der Waals surface area contributed by atoms with Gasteiger partial charge in [-0.25, -0.2) is 0 Å². The molecule has 3 aromatic carbocycles. The Morgan fingerprint density at radius 1 is 1.02 bits per heavy atom. The first-order valence-corrected chi connectivity index (χ1v) is 13.3. The third-order valence-corrected chi connectivity index (χ3v) is 6.97. The van der Waals surface area contributed by atoms with Crippen molar-refractivity contribution in [2.24, 2.45) is 4.99 Å². The fourth-order valence-electron chi connectivity index (χ4n) is 4.99. The van der Waals surface area contributed by atoms with Crippen LogP contribution in [0.4, 0.5) is 22.7 Å². The molecule has 2 aliphatic heterocycles. The van der Waals surface area contributed by atoms with Crippen LogP contribution in [0.1, 0.15) is 30.4 Å². The highest BCUT2D eigenvalue weighted by Gasteiger charge is 2.37. The highest BCUT2D eigenvalue weighted by Crippen LogP contribution is 2.40. The molecule has 11 nitrogen and oxygen atoms in total. The third kappa shape index (κ3) is 6.04. The van der Waals surface area contributed by atoms with Gasteiger partial charge >= 0.3 is 0 Å². The van der Waals surface area contributed by atoms with Gasteiger partial charge in [0.05, 0.1) is 22.0 Å². The molecule has 5 rings (SSSR count). The van der Waals surface area contributed by atoms with E-state index in [0.29, 0.717) is 59.5 Å². The predicted octanol–water partition coefficient (Wildman–Crippen LogP) is 4.53. The number of carbonyl (C=O) groups excluding carboxylic acids is 2. The molecular formula is C30H31N5O6. The van der Waals surface area contributed by atoms with Gasteiger partial charge in [-0.05, 0) is 81.2 Å². The number of aliphatic imine (C=N–C) groups is 1. The Labute approximate surface area is 237 Å². The molecule has 1 atom stereocenters. The minimum Gasteiger partial charge on any atom is -0.486 e. The zero-order valence-corrected chi connectivity index (χ0v) is 23.1. The van der Waals surface area contributed by atoms with Crippen LogP contribution in [0.2, 0.25) is 0 Å². The molecule has 2 heterocycles. The molecule has 2 amide bonds. The van der Waals surface area contributed by atoms with Crippen molar-refractivity contribution in [1.29, 1.82) is 0 Å². The van der Waals surface area contributed by atoms with E-state index in [0.717, 1.165) is 18.7 Å². The van der Waals surface area contributed by atoms with Crippen molar-refractivity contribution >= 4 is 40.3 Å². The van der Waals surface area contributed by atoms with E-state index < -0.39 is 10.8 Å². The number of non-ortho nitro benzene ring substituents is 1. The molecule has 0 saturated carbocycles. The largest absolute Gasteiger partial charge is 0.486 e. The quantitative estimate of drug-likeness (QED) is 0.233. The van der Waals surface area contributed by atoms with Crippen LogP contribution in [0, 0.1) is 10.1 Å². The van der Waals surface area contributed by atoms with E-state index in [1.165, 1.54) is 12.1 Å². The van der Waals surface area contributed by atoms with Crippen molar-refractivity contribution in [2.75, 3.05) is 50.6 Å². The Hall–Kier alpha value is -4.77. The van der Waals surface area contributed by atoms with Crippen molar-refractivity contribution < 1.29 is 24.0 Å². The molecule has 0 radical (unpaired) electrons. The van der Waals surface area contributed by atoms with Gasteiger partial charge in [0.25, 0.3) is 5.69 Å². The molecule has 0 aromatic heterocycles. The Morgan fingerprint density at radius 3 is 2.44 bits per heavy atom.